The lowest BCUT2D eigenvalue weighted by molar-refractivity contribution is -0.125. The Morgan fingerprint density at radius 2 is 2.04 bits per heavy atom. The van der Waals surface area contributed by atoms with E-state index in [1.54, 1.807) is 23.0 Å². The van der Waals surface area contributed by atoms with Crippen molar-refractivity contribution in [3.05, 3.63) is 53.8 Å². The van der Waals surface area contributed by atoms with Crippen LogP contribution in [0.3, 0.4) is 0 Å². The van der Waals surface area contributed by atoms with Crippen molar-refractivity contribution < 1.29 is 19.1 Å². The van der Waals surface area contributed by atoms with Crippen LogP contribution in [0.4, 0.5) is 4.79 Å². The second-order valence-electron chi connectivity index (χ2n) is 6.72. The van der Waals surface area contributed by atoms with Crippen LogP contribution < -0.4 is 10.1 Å². The Labute approximate surface area is 165 Å². The molecule has 28 heavy (non-hydrogen) atoms. The lowest BCUT2D eigenvalue weighted by Crippen LogP contribution is -2.47. The zero-order chi connectivity index (χ0) is 20.1. The Balaban J connectivity index is 1.91. The number of hydrogen-bond donors (Lipinski definition) is 1. The van der Waals surface area contributed by atoms with Crippen LogP contribution in [0.1, 0.15) is 24.9 Å². The van der Waals surface area contributed by atoms with E-state index in [1.807, 2.05) is 31.2 Å². The van der Waals surface area contributed by atoms with Crippen molar-refractivity contribution in [1.29, 1.82) is 0 Å². The van der Waals surface area contributed by atoms with E-state index in [-0.39, 0.29) is 11.9 Å². The molecule has 0 spiro atoms. The molecule has 2 aliphatic rings. The van der Waals surface area contributed by atoms with E-state index in [0.717, 1.165) is 23.4 Å². The fourth-order valence-corrected chi connectivity index (χ4v) is 3.62. The molecule has 0 unspecified atom stereocenters. The van der Waals surface area contributed by atoms with Crippen molar-refractivity contribution in [2.45, 2.75) is 19.4 Å². The summed E-state index contributed by atoms with van der Waals surface area (Å²) in [5.74, 6) is 0.717. The first-order valence-corrected chi connectivity index (χ1v) is 9.53. The first-order chi connectivity index (χ1) is 13.6. The fraction of sp³-hybridized carbons (Fsp3) is 0.429. The maximum absolute atomic E-state index is 13.1. The Kier molecular flexibility index (Phi) is 6.36. The largest absolute Gasteiger partial charge is 0.494 e. The molecule has 0 radical (unpaired) electrons. The monoisotopic (exact) mass is 385 g/mol. The van der Waals surface area contributed by atoms with E-state index in [9.17, 15) is 9.59 Å². The van der Waals surface area contributed by atoms with Gasteiger partial charge in [0.1, 0.15) is 5.75 Å². The number of nitrogens with one attached hydrogen (secondary N) is 1. The molecule has 2 heterocycles. The maximum atomic E-state index is 13.1. The number of carbonyl (C=O) groups excluding carboxylic acids is 2. The number of hydrogen-bond acceptors (Lipinski definition) is 4. The van der Waals surface area contributed by atoms with Crippen LogP contribution in [0.15, 0.2) is 48.2 Å². The van der Waals surface area contributed by atoms with Gasteiger partial charge in [-0.1, -0.05) is 18.2 Å². The second kappa shape index (κ2) is 8.93. The second-order valence-corrected chi connectivity index (χ2v) is 6.72. The summed E-state index contributed by atoms with van der Waals surface area (Å²) in [6.07, 6.45) is 2.42. The highest BCUT2D eigenvalue weighted by Crippen LogP contribution is 2.36. The van der Waals surface area contributed by atoms with Gasteiger partial charge in [-0.2, -0.15) is 0 Å². The third kappa shape index (κ3) is 3.89. The molecule has 0 bridgehead atoms. The Morgan fingerprint density at radius 3 is 2.68 bits per heavy atom. The molecule has 7 heteroatoms. The Morgan fingerprint density at radius 1 is 1.29 bits per heavy atom. The lowest BCUT2D eigenvalue weighted by Gasteiger charge is -2.33. The first kappa shape index (κ1) is 19.9. The molecule has 2 aliphatic heterocycles. The highest BCUT2D eigenvalue weighted by Gasteiger charge is 2.43. The summed E-state index contributed by atoms with van der Waals surface area (Å²) in [5.41, 5.74) is 2.24. The van der Waals surface area contributed by atoms with Gasteiger partial charge in [-0.15, -0.1) is 6.58 Å². The number of urea groups is 1. The zero-order valence-corrected chi connectivity index (χ0v) is 16.4. The standard InChI is InChI=1S/C21H27N3O4/c1-4-11-24-17-14-23(12-6-13-27-3)20(25)18(17)19(22-21(24)26)15-7-9-16(10-8-15)28-5-2/h4,7-10,19H,1,5-6,11-14H2,2-3H3,(H,22,26)/t19-/m1/s1. The van der Waals surface area contributed by atoms with Crippen molar-refractivity contribution in [1.82, 2.24) is 15.1 Å². The third-order valence-electron chi connectivity index (χ3n) is 4.91. The Hall–Kier alpha value is -2.80. The van der Waals surface area contributed by atoms with Crippen molar-refractivity contribution in [3.8, 4) is 5.75 Å². The summed E-state index contributed by atoms with van der Waals surface area (Å²) >= 11 is 0. The molecule has 0 saturated carbocycles. The van der Waals surface area contributed by atoms with Crippen LogP contribution in [0.2, 0.25) is 0 Å². The number of ether oxygens (including phenoxy) is 2. The van der Waals surface area contributed by atoms with Gasteiger partial charge in [0.2, 0.25) is 0 Å². The summed E-state index contributed by atoms with van der Waals surface area (Å²) in [5, 5.41) is 2.98. The number of benzene rings is 1. The molecular formula is C21H27N3O4. The minimum absolute atomic E-state index is 0.0425. The predicted octanol–water partition coefficient (Wildman–Crippen LogP) is 2.47. The van der Waals surface area contributed by atoms with E-state index >= 15 is 0 Å². The summed E-state index contributed by atoms with van der Waals surface area (Å²) in [7, 11) is 1.64. The molecular weight excluding hydrogens is 358 g/mol. The van der Waals surface area contributed by atoms with Crippen molar-refractivity contribution >= 4 is 11.9 Å². The van der Waals surface area contributed by atoms with Crippen molar-refractivity contribution in [2.75, 3.05) is 40.0 Å². The summed E-state index contributed by atoms with van der Waals surface area (Å²) in [6, 6.07) is 6.81. The lowest BCUT2D eigenvalue weighted by atomic mass is 9.95. The highest BCUT2D eigenvalue weighted by molar-refractivity contribution is 6.01. The fourth-order valence-electron chi connectivity index (χ4n) is 3.62. The molecule has 1 N–H and O–H groups in total. The van der Waals surface area contributed by atoms with Gasteiger partial charge in [-0.3, -0.25) is 9.69 Å². The Bertz CT molecular complexity index is 772. The molecule has 7 nitrogen and oxygen atoms in total. The summed E-state index contributed by atoms with van der Waals surface area (Å²) in [4.78, 5) is 29.2. The van der Waals surface area contributed by atoms with Crippen LogP contribution in [0, 0.1) is 0 Å². The minimum atomic E-state index is -0.473. The third-order valence-corrected chi connectivity index (χ3v) is 4.91. The first-order valence-electron chi connectivity index (χ1n) is 9.53. The van der Waals surface area contributed by atoms with E-state index in [4.69, 9.17) is 9.47 Å². The van der Waals surface area contributed by atoms with E-state index in [2.05, 4.69) is 11.9 Å². The molecule has 150 valence electrons. The van der Waals surface area contributed by atoms with Gasteiger partial charge in [-0.05, 0) is 31.0 Å². The van der Waals surface area contributed by atoms with Gasteiger partial charge in [0.05, 0.1) is 30.5 Å². The molecule has 1 aromatic carbocycles. The highest BCUT2D eigenvalue weighted by atomic mass is 16.5. The molecule has 1 atom stereocenters. The van der Waals surface area contributed by atoms with Crippen LogP contribution in [0.5, 0.6) is 5.75 Å². The van der Waals surface area contributed by atoms with Crippen molar-refractivity contribution in [3.63, 3.8) is 0 Å². The maximum Gasteiger partial charge on any atom is 0.322 e. The molecule has 3 rings (SSSR count). The van der Waals surface area contributed by atoms with Crippen molar-refractivity contribution in [2.24, 2.45) is 0 Å². The molecule has 0 saturated heterocycles. The van der Waals surface area contributed by atoms with E-state index < -0.39 is 6.04 Å². The topological polar surface area (TPSA) is 71.1 Å². The van der Waals surface area contributed by atoms with Gasteiger partial charge < -0.3 is 19.7 Å². The predicted molar refractivity (Wildman–Crippen MR) is 106 cm³/mol. The van der Waals surface area contributed by atoms with Crippen LogP contribution in [0.25, 0.3) is 0 Å². The average Bonchev–Trinajstić information content (AvgIpc) is 3.02. The molecule has 3 amide bonds. The van der Waals surface area contributed by atoms with Crippen LogP contribution in [-0.4, -0.2) is 61.7 Å². The summed E-state index contributed by atoms with van der Waals surface area (Å²) in [6.45, 7) is 8.20. The molecule has 1 aromatic rings. The number of rotatable bonds is 9. The number of amides is 3. The summed E-state index contributed by atoms with van der Waals surface area (Å²) < 4.78 is 10.6. The van der Waals surface area contributed by atoms with Crippen LogP contribution >= 0.6 is 0 Å². The van der Waals surface area contributed by atoms with Gasteiger partial charge in [0.15, 0.2) is 0 Å². The van der Waals surface area contributed by atoms with Gasteiger partial charge in [0, 0.05) is 26.8 Å². The van der Waals surface area contributed by atoms with E-state index in [0.29, 0.717) is 38.4 Å². The average molecular weight is 385 g/mol. The number of nitrogens with zero attached hydrogens (tertiary/aromatic N) is 2. The molecule has 0 aliphatic carbocycles. The zero-order valence-electron chi connectivity index (χ0n) is 16.4. The van der Waals surface area contributed by atoms with E-state index in [1.165, 1.54) is 0 Å². The van der Waals surface area contributed by atoms with Gasteiger partial charge in [0.25, 0.3) is 5.91 Å². The normalized spacial score (nSPS) is 19.0. The number of carbonyl (C=O) groups is 2. The van der Waals surface area contributed by atoms with Crippen LogP contribution in [-0.2, 0) is 9.53 Å². The number of methoxy groups -OCH3 is 1. The molecule has 0 aromatic heterocycles. The quantitative estimate of drug-likeness (QED) is 0.524. The minimum Gasteiger partial charge on any atom is -0.494 e. The van der Waals surface area contributed by atoms with Gasteiger partial charge in [-0.25, -0.2) is 4.79 Å². The van der Waals surface area contributed by atoms with Gasteiger partial charge >= 0.3 is 6.03 Å². The molecule has 0 fully saturated rings. The SMILES string of the molecule is C=CCN1C(=O)N[C@H](c2ccc(OCC)cc2)C2=C1CN(CCCOC)C2=O. The smallest absolute Gasteiger partial charge is 0.322 e.